The van der Waals surface area contributed by atoms with Crippen molar-refractivity contribution in [2.24, 2.45) is 0 Å². The maximum atomic E-state index is 12.7. The lowest BCUT2D eigenvalue weighted by atomic mass is 10.0. The molecule has 0 N–H and O–H groups in total. The first-order valence-corrected chi connectivity index (χ1v) is 7.16. The third-order valence-electron chi connectivity index (χ3n) is 2.76. The molecule has 1 atom stereocenters. The second kappa shape index (κ2) is 5.96. The summed E-state index contributed by atoms with van der Waals surface area (Å²) in [6, 6.07) is 10.1. The van der Waals surface area contributed by atoms with Crippen LogP contribution in [0.2, 0.25) is 5.02 Å². The van der Waals surface area contributed by atoms with Crippen molar-refractivity contribution in [1.29, 1.82) is 0 Å². The summed E-state index contributed by atoms with van der Waals surface area (Å²) in [6.45, 7) is 0. The van der Waals surface area contributed by atoms with Crippen LogP contribution in [0.15, 0.2) is 46.9 Å². The van der Waals surface area contributed by atoms with E-state index in [4.69, 9.17) is 23.2 Å². The van der Waals surface area contributed by atoms with Gasteiger partial charge in [0.15, 0.2) is 0 Å². The molecule has 0 aromatic heterocycles. The molecule has 20 heavy (non-hydrogen) atoms. The average molecular weight is 384 g/mol. The van der Waals surface area contributed by atoms with Crippen molar-refractivity contribution in [2.45, 2.75) is 11.6 Å². The van der Waals surface area contributed by atoms with Crippen LogP contribution in [0, 0.1) is 0 Å². The van der Waals surface area contributed by atoms with Crippen LogP contribution in [-0.4, -0.2) is 0 Å². The number of hydrogen-bond acceptors (Lipinski definition) is 0. The zero-order chi connectivity index (χ0) is 14.9. The SMILES string of the molecule is FC(F)(F)c1ccc(Br)c(C(Cl)c2ccc(Cl)cc2)c1. The van der Waals surface area contributed by atoms with Crippen molar-refractivity contribution in [3.63, 3.8) is 0 Å². The molecule has 2 aromatic carbocycles. The zero-order valence-electron chi connectivity index (χ0n) is 9.89. The highest BCUT2D eigenvalue weighted by molar-refractivity contribution is 9.10. The average Bonchev–Trinajstić information content (AvgIpc) is 2.38. The van der Waals surface area contributed by atoms with E-state index in [2.05, 4.69) is 15.9 Å². The van der Waals surface area contributed by atoms with E-state index >= 15 is 0 Å². The van der Waals surface area contributed by atoms with Crippen molar-refractivity contribution in [3.8, 4) is 0 Å². The minimum absolute atomic E-state index is 0.365. The van der Waals surface area contributed by atoms with Gasteiger partial charge >= 0.3 is 6.18 Å². The van der Waals surface area contributed by atoms with Gasteiger partial charge in [0.1, 0.15) is 0 Å². The minimum atomic E-state index is -4.40. The van der Waals surface area contributed by atoms with Crippen LogP contribution in [-0.2, 0) is 6.18 Å². The normalized spacial score (nSPS) is 13.3. The van der Waals surface area contributed by atoms with Crippen LogP contribution in [0.1, 0.15) is 22.1 Å². The van der Waals surface area contributed by atoms with Gasteiger partial charge in [-0.2, -0.15) is 13.2 Å². The van der Waals surface area contributed by atoms with Crippen molar-refractivity contribution < 1.29 is 13.2 Å². The van der Waals surface area contributed by atoms with E-state index in [0.29, 0.717) is 20.6 Å². The zero-order valence-corrected chi connectivity index (χ0v) is 13.0. The molecule has 1 unspecified atom stereocenters. The third-order valence-corrected chi connectivity index (χ3v) is 4.22. The van der Waals surface area contributed by atoms with Crippen LogP contribution >= 0.6 is 39.1 Å². The standard InChI is InChI=1S/C14H8BrCl2F3/c15-12-6-3-9(14(18,19)20)7-11(12)13(17)8-1-4-10(16)5-2-8/h1-7,13H. The Morgan fingerprint density at radius 3 is 2.15 bits per heavy atom. The molecule has 0 aliphatic rings. The van der Waals surface area contributed by atoms with Gasteiger partial charge < -0.3 is 0 Å². The Kier molecular flexibility index (Phi) is 4.67. The van der Waals surface area contributed by atoms with Gasteiger partial charge in [-0.25, -0.2) is 0 Å². The quantitative estimate of drug-likeness (QED) is 0.522. The van der Waals surface area contributed by atoms with Gasteiger partial charge in [-0.3, -0.25) is 0 Å². The Hall–Kier alpha value is -0.710. The minimum Gasteiger partial charge on any atom is -0.166 e. The maximum Gasteiger partial charge on any atom is 0.416 e. The first-order chi connectivity index (χ1) is 9.29. The summed E-state index contributed by atoms with van der Waals surface area (Å²) in [5, 5.41) is -0.148. The van der Waals surface area contributed by atoms with Crippen molar-refractivity contribution in [1.82, 2.24) is 0 Å². The van der Waals surface area contributed by atoms with E-state index in [1.54, 1.807) is 24.3 Å². The molecule has 0 aliphatic carbocycles. The van der Waals surface area contributed by atoms with E-state index in [1.165, 1.54) is 6.07 Å². The summed E-state index contributed by atoms with van der Waals surface area (Å²) in [5.41, 5.74) is 0.315. The summed E-state index contributed by atoms with van der Waals surface area (Å²) in [6.07, 6.45) is -4.40. The van der Waals surface area contributed by atoms with Crippen molar-refractivity contribution in [2.75, 3.05) is 0 Å². The molecule has 0 spiro atoms. The largest absolute Gasteiger partial charge is 0.416 e. The fourth-order valence-electron chi connectivity index (χ4n) is 1.73. The molecule has 0 saturated carbocycles. The summed E-state index contributed by atoms with van der Waals surface area (Å²) < 4.78 is 38.8. The number of alkyl halides is 4. The summed E-state index contributed by atoms with van der Waals surface area (Å²) in [4.78, 5) is 0. The van der Waals surface area contributed by atoms with E-state index in [1.807, 2.05) is 0 Å². The number of rotatable bonds is 2. The van der Waals surface area contributed by atoms with Gasteiger partial charge in [-0.1, -0.05) is 39.7 Å². The van der Waals surface area contributed by atoms with Gasteiger partial charge in [0.05, 0.1) is 10.9 Å². The highest BCUT2D eigenvalue weighted by Gasteiger charge is 2.31. The Morgan fingerprint density at radius 1 is 1.00 bits per heavy atom. The second-order valence-electron chi connectivity index (χ2n) is 4.15. The fraction of sp³-hybridized carbons (Fsp3) is 0.143. The molecule has 0 radical (unpaired) electrons. The van der Waals surface area contributed by atoms with E-state index < -0.39 is 17.1 Å². The molecular weight excluding hydrogens is 376 g/mol. The number of halogens is 6. The van der Waals surface area contributed by atoms with Crippen LogP contribution in [0.25, 0.3) is 0 Å². The Labute approximate surface area is 132 Å². The van der Waals surface area contributed by atoms with Crippen LogP contribution < -0.4 is 0 Å². The lowest BCUT2D eigenvalue weighted by molar-refractivity contribution is -0.137. The second-order valence-corrected chi connectivity index (χ2v) is 5.88. The Morgan fingerprint density at radius 2 is 1.60 bits per heavy atom. The van der Waals surface area contributed by atoms with E-state index in [0.717, 1.165) is 12.1 Å². The smallest absolute Gasteiger partial charge is 0.166 e. The fourth-order valence-corrected chi connectivity index (χ4v) is 2.78. The molecule has 2 aromatic rings. The first-order valence-electron chi connectivity index (χ1n) is 5.55. The molecule has 2 rings (SSSR count). The molecule has 106 valence electrons. The molecule has 0 amide bonds. The molecule has 0 nitrogen and oxygen atoms in total. The molecule has 6 heteroatoms. The Balaban J connectivity index is 2.43. The lowest BCUT2D eigenvalue weighted by Crippen LogP contribution is -2.06. The molecule has 0 saturated heterocycles. The summed E-state index contributed by atoms with van der Waals surface area (Å²) in [7, 11) is 0. The van der Waals surface area contributed by atoms with Gasteiger partial charge in [-0.05, 0) is 41.5 Å². The van der Waals surface area contributed by atoms with Crippen molar-refractivity contribution in [3.05, 3.63) is 68.7 Å². The van der Waals surface area contributed by atoms with Crippen molar-refractivity contribution >= 4 is 39.1 Å². The third kappa shape index (κ3) is 3.48. The number of benzene rings is 2. The monoisotopic (exact) mass is 382 g/mol. The number of hydrogen-bond donors (Lipinski definition) is 0. The topological polar surface area (TPSA) is 0 Å². The first kappa shape index (κ1) is 15.7. The van der Waals surface area contributed by atoms with E-state index in [-0.39, 0.29) is 0 Å². The van der Waals surface area contributed by atoms with Gasteiger partial charge in [0.2, 0.25) is 0 Å². The molecular formula is C14H8BrCl2F3. The van der Waals surface area contributed by atoms with Gasteiger partial charge in [0, 0.05) is 9.50 Å². The molecule has 0 aliphatic heterocycles. The van der Waals surface area contributed by atoms with Crippen LogP contribution in [0.4, 0.5) is 13.2 Å². The molecule has 0 fully saturated rings. The predicted octanol–water partition coefficient (Wildman–Crippen LogP) is 6.45. The predicted molar refractivity (Wildman–Crippen MR) is 78.3 cm³/mol. The lowest BCUT2D eigenvalue weighted by Gasteiger charge is -2.15. The van der Waals surface area contributed by atoms with Gasteiger partial charge in [-0.15, -0.1) is 11.6 Å². The summed E-state index contributed by atoms with van der Waals surface area (Å²) >= 11 is 15.3. The molecule has 0 heterocycles. The van der Waals surface area contributed by atoms with E-state index in [9.17, 15) is 13.2 Å². The molecule has 0 bridgehead atoms. The van der Waals surface area contributed by atoms with Crippen LogP contribution in [0.3, 0.4) is 0 Å². The van der Waals surface area contributed by atoms with Crippen LogP contribution in [0.5, 0.6) is 0 Å². The highest BCUT2D eigenvalue weighted by atomic mass is 79.9. The summed E-state index contributed by atoms with van der Waals surface area (Å²) in [5.74, 6) is 0. The highest BCUT2D eigenvalue weighted by Crippen LogP contribution is 2.38. The maximum absolute atomic E-state index is 12.7. The van der Waals surface area contributed by atoms with Gasteiger partial charge in [0.25, 0.3) is 0 Å². The Bertz CT molecular complexity index is 609.